The summed E-state index contributed by atoms with van der Waals surface area (Å²) in [5, 5.41) is 8.74. The highest BCUT2D eigenvalue weighted by molar-refractivity contribution is 7.92. The third-order valence-electron chi connectivity index (χ3n) is 11.9. The monoisotopic (exact) mass is 849 g/mol. The molecule has 20 heteroatoms. The lowest BCUT2D eigenvalue weighted by Gasteiger charge is -2.38. The Hall–Kier alpha value is -5.60. The Balaban J connectivity index is 0.846. The summed E-state index contributed by atoms with van der Waals surface area (Å²) in [6.45, 7) is 7.76. The standard InChI is InChI=1S/C40H46F3N11O5S/c1-25-21-28(7-8-30(25)46-38-44-23-29(40(41,42)43)35(48-38)26-22-45-49(2)24-26)60(58,59)27-11-13-51(14-12-27)15-16-52-17-19-53(20-18-52)31-5-4-6-32-36(31)50(3)39(57)54(32)33-9-10-34(55)47-37(33)56/h4-8,21-24,27,33H,9-20H2,1-3H3,(H,44,46,48)(H,47,55,56). The number of halogens is 3. The molecule has 2 amide bonds. The zero-order valence-corrected chi connectivity index (χ0v) is 34.3. The number of aryl methyl sites for hydroxylation is 3. The van der Waals surface area contributed by atoms with E-state index in [1.54, 1.807) is 37.7 Å². The summed E-state index contributed by atoms with van der Waals surface area (Å²) in [5.41, 5.74) is 1.95. The summed E-state index contributed by atoms with van der Waals surface area (Å²) < 4.78 is 73.4. The first-order chi connectivity index (χ1) is 28.6. The molecule has 5 aromatic rings. The fourth-order valence-electron chi connectivity index (χ4n) is 8.52. The van der Waals surface area contributed by atoms with Crippen LogP contribution >= 0.6 is 0 Å². The largest absolute Gasteiger partial charge is 0.419 e. The second kappa shape index (κ2) is 16.1. The number of para-hydroxylation sites is 1. The number of amides is 2. The Morgan fingerprint density at radius 1 is 0.917 bits per heavy atom. The summed E-state index contributed by atoms with van der Waals surface area (Å²) in [6, 6.07) is 9.65. The molecule has 3 aliphatic heterocycles. The van der Waals surface area contributed by atoms with Gasteiger partial charge in [-0.3, -0.25) is 33.6 Å². The van der Waals surface area contributed by atoms with Crippen molar-refractivity contribution in [3.8, 4) is 11.3 Å². The van der Waals surface area contributed by atoms with E-state index in [2.05, 4.69) is 40.4 Å². The lowest BCUT2D eigenvalue weighted by molar-refractivity contribution is -0.138. The number of anilines is 3. The topological polar surface area (TPSA) is 173 Å². The number of nitrogens with one attached hydrogen (secondary N) is 2. The van der Waals surface area contributed by atoms with Crippen molar-refractivity contribution in [1.82, 2.24) is 44.0 Å². The summed E-state index contributed by atoms with van der Waals surface area (Å²) in [4.78, 5) is 53.0. The molecule has 2 N–H and O–H groups in total. The van der Waals surface area contributed by atoms with Gasteiger partial charge in [-0.25, -0.2) is 23.2 Å². The lowest BCUT2D eigenvalue weighted by atomic mass is 10.1. The van der Waals surface area contributed by atoms with Gasteiger partial charge in [0.1, 0.15) is 11.6 Å². The van der Waals surface area contributed by atoms with E-state index in [9.17, 15) is 36.0 Å². The Morgan fingerprint density at radius 2 is 1.63 bits per heavy atom. The van der Waals surface area contributed by atoms with Crippen molar-refractivity contribution in [1.29, 1.82) is 0 Å². The zero-order chi connectivity index (χ0) is 42.5. The van der Waals surface area contributed by atoms with E-state index in [4.69, 9.17) is 0 Å². The van der Waals surface area contributed by atoms with Gasteiger partial charge in [0.05, 0.1) is 38.8 Å². The van der Waals surface area contributed by atoms with Crippen molar-refractivity contribution in [3.63, 3.8) is 0 Å². The molecule has 1 unspecified atom stereocenters. The molecule has 0 spiro atoms. The van der Waals surface area contributed by atoms with Crippen LogP contribution in [0.3, 0.4) is 0 Å². The van der Waals surface area contributed by atoms with Crippen molar-refractivity contribution < 1.29 is 31.2 Å². The van der Waals surface area contributed by atoms with E-state index >= 15 is 0 Å². The number of sulfone groups is 1. The predicted octanol–water partition coefficient (Wildman–Crippen LogP) is 3.64. The molecule has 3 aromatic heterocycles. The minimum absolute atomic E-state index is 0.0696. The number of likely N-dealkylation sites (tertiary alicyclic amines) is 1. The molecule has 2 aromatic carbocycles. The summed E-state index contributed by atoms with van der Waals surface area (Å²) in [7, 11) is -0.348. The molecule has 16 nitrogen and oxygen atoms in total. The molecular formula is C40H46F3N11O5S. The summed E-state index contributed by atoms with van der Waals surface area (Å²) in [6.07, 6.45) is 0.215. The number of rotatable bonds is 10. The van der Waals surface area contributed by atoms with Gasteiger partial charge >= 0.3 is 11.9 Å². The number of piperazine rings is 1. The van der Waals surface area contributed by atoms with Crippen molar-refractivity contribution >= 4 is 50.0 Å². The molecule has 318 valence electrons. The maximum atomic E-state index is 13.8. The predicted molar refractivity (Wildman–Crippen MR) is 218 cm³/mol. The van der Waals surface area contributed by atoms with Gasteiger partial charge in [-0.1, -0.05) is 6.07 Å². The molecule has 0 bridgehead atoms. The fourth-order valence-corrected chi connectivity index (χ4v) is 10.3. The SMILES string of the molecule is Cc1cc(S(=O)(=O)C2CCN(CCN3CCN(c4cccc5c4n(C)c(=O)n5C4CCC(=O)NC4=O)CC3)CC2)ccc1Nc1ncc(C(F)(F)F)c(-c2cnn(C)c2)n1. The second-order valence-electron chi connectivity index (χ2n) is 15.7. The Bertz CT molecular complexity index is 2620. The maximum absolute atomic E-state index is 13.8. The van der Waals surface area contributed by atoms with Crippen LogP contribution < -0.4 is 21.2 Å². The Labute approximate surface area is 343 Å². The molecule has 0 aliphatic carbocycles. The molecular weight excluding hydrogens is 804 g/mol. The van der Waals surface area contributed by atoms with Crippen molar-refractivity contribution in [2.24, 2.45) is 14.1 Å². The second-order valence-corrected chi connectivity index (χ2v) is 17.9. The molecule has 1 atom stereocenters. The highest BCUT2D eigenvalue weighted by atomic mass is 32.2. The van der Waals surface area contributed by atoms with E-state index in [-0.39, 0.29) is 46.5 Å². The van der Waals surface area contributed by atoms with Crippen LogP contribution in [0, 0.1) is 6.92 Å². The number of benzene rings is 2. The Morgan fingerprint density at radius 3 is 2.28 bits per heavy atom. The number of piperidine rings is 2. The number of aromatic nitrogens is 6. The van der Waals surface area contributed by atoms with E-state index in [1.807, 2.05) is 18.2 Å². The van der Waals surface area contributed by atoms with Crippen LogP contribution in [-0.2, 0) is 39.7 Å². The third kappa shape index (κ3) is 8.02. The highest BCUT2D eigenvalue weighted by Gasteiger charge is 2.37. The minimum Gasteiger partial charge on any atom is -0.367 e. The molecule has 0 saturated carbocycles. The number of carbonyl (C=O) groups excluding carboxylic acids is 2. The van der Waals surface area contributed by atoms with Crippen molar-refractivity contribution in [2.75, 3.05) is 62.6 Å². The molecule has 60 heavy (non-hydrogen) atoms. The zero-order valence-electron chi connectivity index (χ0n) is 33.4. The Kier molecular flexibility index (Phi) is 11.0. The van der Waals surface area contributed by atoms with Gasteiger partial charge < -0.3 is 15.1 Å². The normalized spacial score (nSPS) is 19.0. The highest BCUT2D eigenvalue weighted by Crippen LogP contribution is 2.37. The van der Waals surface area contributed by atoms with Crippen LogP contribution in [0.1, 0.15) is 42.9 Å². The van der Waals surface area contributed by atoms with E-state index in [0.29, 0.717) is 42.7 Å². The summed E-state index contributed by atoms with van der Waals surface area (Å²) >= 11 is 0. The van der Waals surface area contributed by atoms with Crippen LogP contribution in [0.5, 0.6) is 0 Å². The first kappa shape index (κ1) is 41.1. The molecule has 3 saturated heterocycles. The molecule has 3 aliphatic rings. The first-order valence-electron chi connectivity index (χ1n) is 19.9. The van der Waals surface area contributed by atoms with Crippen LogP contribution in [0.2, 0.25) is 0 Å². The average Bonchev–Trinajstić information content (AvgIpc) is 3.77. The van der Waals surface area contributed by atoms with Crippen LogP contribution in [0.25, 0.3) is 22.3 Å². The van der Waals surface area contributed by atoms with Gasteiger partial charge in [0.2, 0.25) is 17.8 Å². The number of alkyl halides is 3. The van der Waals surface area contributed by atoms with E-state index < -0.39 is 38.8 Å². The molecule has 6 heterocycles. The first-order valence-corrected chi connectivity index (χ1v) is 21.4. The molecule has 3 fully saturated rings. The van der Waals surface area contributed by atoms with E-state index in [1.165, 1.54) is 27.7 Å². The van der Waals surface area contributed by atoms with Gasteiger partial charge in [0.25, 0.3) is 0 Å². The van der Waals surface area contributed by atoms with Crippen LogP contribution in [-0.4, -0.2) is 117 Å². The fraction of sp³-hybridized carbons (Fsp3) is 0.450. The quantitative estimate of drug-likeness (QED) is 0.196. The number of carbonyl (C=O) groups is 2. The number of hydrogen-bond donors (Lipinski definition) is 2. The number of imide groups is 1. The van der Waals surface area contributed by atoms with Gasteiger partial charge in [0, 0.05) is 83.4 Å². The number of imidazole rings is 1. The van der Waals surface area contributed by atoms with Crippen molar-refractivity contribution in [2.45, 2.75) is 55.0 Å². The summed E-state index contributed by atoms with van der Waals surface area (Å²) in [5.74, 6) is -0.863. The minimum atomic E-state index is -4.68. The average molecular weight is 850 g/mol. The smallest absolute Gasteiger partial charge is 0.367 e. The number of fused-ring (bicyclic) bond motifs is 1. The van der Waals surface area contributed by atoms with E-state index in [0.717, 1.165) is 56.7 Å². The molecule has 0 radical (unpaired) electrons. The lowest BCUT2D eigenvalue weighted by Crippen LogP contribution is -2.49. The van der Waals surface area contributed by atoms with Gasteiger partial charge in [-0.05, 0) is 75.2 Å². The maximum Gasteiger partial charge on any atom is 0.419 e. The van der Waals surface area contributed by atoms with Gasteiger partial charge in [-0.15, -0.1) is 0 Å². The number of hydrogen-bond acceptors (Lipinski definition) is 12. The third-order valence-corrected chi connectivity index (χ3v) is 14.1. The van der Waals surface area contributed by atoms with Gasteiger partial charge in [-0.2, -0.15) is 18.3 Å². The number of nitrogens with zero attached hydrogens (tertiary/aromatic N) is 9. The van der Waals surface area contributed by atoms with Crippen LogP contribution in [0.15, 0.2) is 64.7 Å². The molecule has 8 rings (SSSR count). The van der Waals surface area contributed by atoms with Crippen molar-refractivity contribution in [3.05, 3.63) is 76.6 Å². The van der Waals surface area contributed by atoms with Gasteiger partial charge in [0.15, 0.2) is 9.84 Å². The van der Waals surface area contributed by atoms with Crippen LogP contribution in [0.4, 0.5) is 30.5 Å².